The highest BCUT2D eigenvalue weighted by Gasteiger charge is 2.11. The van der Waals surface area contributed by atoms with Gasteiger partial charge in [-0.25, -0.2) is 4.98 Å². The van der Waals surface area contributed by atoms with Crippen LogP contribution in [0.4, 0.5) is 17.1 Å². The maximum atomic E-state index is 10.9. The van der Waals surface area contributed by atoms with Gasteiger partial charge in [-0.15, -0.1) is 0 Å². The van der Waals surface area contributed by atoms with Gasteiger partial charge in [0.2, 0.25) is 0 Å². The number of aromatic nitrogens is 1. The van der Waals surface area contributed by atoms with Gasteiger partial charge in [0, 0.05) is 48.1 Å². The molecule has 186 valence electrons. The molecule has 8 heteroatoms. The molecule has 0 aliphatic heterocycles. The van der Waals surface area contributed by atoms with E-state index in [9.17, 15) is 9.59 Å². The van der Waals surface area contributed by atoms with Crippen LogP contribution in [0.2, 0.25) is 0 Å². The van der Waals surface area contributed by atoms with E-state index < -0.39 is 11.9 Å². The van der Waals surface area contributed by atoms with Crippen LogP contribution in [0.3, 0.4) is 0 Å². The number of pyridine rings is 1. The fraction of sp³-hybridized carbons (Fsp3) is 0.250. The minimum atomic E-state index is -0.838. The van der Waals surface area contributed by atoms with Crippen LogP contribution < -0.4 is 10.6 Å². The number of fused-ring (bicyclic) bond motifs is 2. The lowest BCUT2D eigenvalue weighted by Crippen LogP contribution is -2.06. The largest absolute Gasteiger partial charge is 0.481 e. The van der Waals surface area contributed by atoms with E-state index in [1.807, 2.05) is 66.7 Å². The first-order chi connectivity index (χ1) is 17.5. The molecule has 8 nitrogen and oxygen atoms in total. The van der Waals surface area contributed by atoms with E-state index in [4.69, 9.17) is 19.9 Å². The molecule has 1 heterocycles. The normalized spacial score (nSPS) is 11.0. The summed E-state index contributed by atoms with van der Waals surface area (Å²) in [5, 5.41) is 26.6. The predicted octanol–water partition coefficient (Wildman–Crippen LogP) is 5.79. The van der Waals surface area contributed by atoms with Gasteiger partial charge in [-0.1, -0.05) is 36.4 Å². The lowest BCUT2D eigenvalue weighted by molar-refractivity contribution is -0.138. The van der Waals surface area contributed by atoms with Crippen LogP contribution in [0.25, 0.3) is 21.8 Å². The van der Waals surface area contributed by atoms with E-state index >= 15 is 0 Å². The average molecular weight is 488 g/mol. The van der Waals surface area contributed by atoms with Crippen molar-refractivity contribution in [3.63, 3.8) is 0 Å². The first kappa shape index (κ1) is 24.9. The Bertz CT molecular complexity index is 1320. The zero-order valence-corrected chi connectivity index (χ0v) is 19.9. The molecule has 3 aromatic carbocycles. The number of nitrogens with zero attached hydrogens (tertiary/aromatic N) is 1. The summed E-state index contributed by atoms with van der Waals surface area (Å²) in [6.45, 7) is 1.21. The van der Waals surface area contributed by atoms with Crippen molar-refractivity contribution in [1.29, 1.82) is 0 Å². The van der Waals surface area contributed by atoms with Crippen LogP contribution in [0.5, 0.6) is 0 Å². The van der Waals surface area contributed by atoms with Gasteiger partial charge in [-0.05, 0) is 48.7 Å². The van der Waals surface area contributed by atoms with Crippen molar-refractivity contribution in [3.8, 4) is 0 Å². The summed E-state index contributed by atoms with van der Waals surface area (Å²) in [6, 6.07) is 21.9. The summed E-state index contributed by atoms with van der Waals surface area (Å²) >= 11 is 0. The fourth-order valence-corrected chi connectivity index (χ4v) is 4.06. The van der Waals surface area contributed by atoms with Crippen molar-refractivity contribution in [2.75, 3.05) is 23.8 Å². The van der Waals surface area contributed by atoms with E-state index in [0.29, 0.717) is 32.6 Å². The van der Waals surface area contributed by atoms with Gasteiger partial charge in [0.15, 0.2) is 0 Å². The van der Waals surface area contributed by atoms with E-state index in [1.54, 1.807) is 0 Å². The second kappa shape index (κ2) is 12.0. The molecule has 0 aliphatic rings. The number of carboxylic acids is 2. The van der Waals surface area contributed by atoms with Gasteiger partial charge < -0.3 is 25.6 Å². The molecule has 0 unspecified atom stereocenters. The molecule has 4 rings (SSSR count). The first-order valence-electron chi connectivity index (χ1n) is 11.9. The number of benzene rings is 3. The molecule has 0 spiro atoms. The van der Waals surface area contributed by atoms with Gasteiger partial charge in [-0.2, -0.15) is 0 Å². The summed E-state index contributed by atoms with van der Waals surface area (Å²) in [7, 11) is 0. The summed E-state index contributed by atoms with van der Waals surface area (Å²) in [4.78, 5) is 26.4. The van der Waals surface area contributed by atoms with Crippen molar-refractivity contribution in [3.05, 3.63) is 72.3 Å². The fourth-order valence-electron chi connectivity index (χ4n) is 4.06. The molecular weight excluding hydrogens is 458 g/mol. The number of ether oxygens (including phenoxy) is 1. The SMILES string of the molecule is O=C(O)CCCNc1cc(COCCCC(=O)O)cc(Nc2c3ccccc3nc3ccccc23)c1. The van der Waals surface area contributed by atoms with E-state index in [0.717, 1.165) is 44.4 Å². The van der Waals surface area contributed by atoms with Crippen molar-refractivity contribution in [1.82, 2.24) is 4.98 Å². The van der Waals surface area contributed by atoms with Gasteiger partial charge >= 0.3 is 11.9 Å². The number of rotatable bonds is 13. The minimum Gasteiger partial charge on any atom is -0.481 e. The number of carboxylic acid groups (broad SMARTS) is 2. The number of nitrogens with one attached hydrogen (secondary N) is 2. The second-order valence-corrected chi connectivity index (χ2v) is 8.54. The molecule has 0 radical (unpaired) electrons. The van der Waals surface area contributed by atoms with Crippen LogP contribution >= 0.6 is 0 Å². The number of anilines is 3. The molecule has 0 atom stereocenters. The Labute approximate surface area is 208 Å². The number of para-hydroxylation sites is 2. The van der Waals surface area contributed by atoms with Crippen LogP contribution in [0.15, 0.2) is 66.7 Å². The highest BCUT2D eigenvalue weighted by atomic mass is 16.5. The van der Waals surface area contributed by atoms with Crippen molar-refractivity contribution in [2.45, 2.75) is 32.3 Å². The number of carbonyl (C=O) groups is 2. The van der Waals surface area contributed by atoms with Crippen molar-refractivity contribution < 1.29 is 24.5 Å². The van der Waals surface area contributed by atoms with Crippen LogP contribution in [0, 0.1) is 0 Å². The van der Waals surface area contributed by atoms with Gasteiger partial charge in [0.1, 0.15) is 0 Å². The Morgan fingerprint density at radius 3 is 2.08 bits per heavy atom. The number of aliphatic carboxylic acids is 2. The number of hydrogen-bond donors (Lipinski definition) is 4. The molecule has 0 amide bonds. The lowest BCUT2D eigenvalue weighted by Gasteiger charge is -2.16. The van der Waals surface area contributed by atoms with Gasteiger partial charge in [0.25, 0.3) is 0 Å². The third kappa shape index (κ3) is 6.70. The third-order valence-corrected chi connectivity index (χ3v) is 5.69. The maximum Gasteiger partial charge on any atom is 0.303 e. The van der Waals surface area contributed by atoms with E-state index in [-0.39, 0.29) is 12.8 Å². The molecule has 1 aromatic heterocycles. The highest BCUT2D eigenvalue weighted by Crippen LogP contribution is 2.34. The minimum absolute atomic E-state index is 0.0696. The smallest absolute Gasteiger partial charge is 0.303 e. The summed E-state index contributed by atoms with van der Waals surface area (Å²) in [5.74, 6) is -1.66. The number of hydrogen-bond acceptors (Lipinski definition) is 6. The van der Waals surface area contributed by atoms with Gasteiger partial charge in [-0.3, -0.25) is 9.59 Å². The Morgan fingerprint density at radius 1 is 0.806 bits per heavy atom. The zero-order chi connectivity index (χ0) is 25.3. The van der Waals surface area contributed by atoms with Crippen LogP contribution in [0.1, 0.15) is 31.2 Å². The molecule has 0 saturated heterocycles. The molecule has 0 fully saturated rings. The molecule has 4 aromatic rings. The summed E-state index contributed by atoms with van der Waals surface area (Å²) in [6.07, 6.45) is 1.12. The Balaban J connectivity index is 1.61. The molecule has 0 bridgehead atoms. The predicted molar refractivity (Wildman–Crippen MR) is 141 cm³/mol. The monoisotopic (exact) mass is 487 g/mol. The summed E-state index contributed by atoms with van der Waals surface area (Å²) < 4.78 is 5.72. The molecule has 4 N–H and O–H groups in total. The first-order valence-corrected chi connectivity index (χ1v) is 11.9. The Morgan fingerprint density at radius 2 is 1.42 bits per heavy atom. The maximum absolute atomic E-state index is 10.9. The van der Waals surface area contributed by atoms with Gasteiger partial charge in [0.05, 0.1) is 23.3 Å². The second-order valence-electron chi connectivity index (χ2n) is 8.54. The standard InChI is InChI=1S/C28H29N3O5/c32-26(33)11-5-13-29-20-15-19(18-36-14-6-12-27(34)35)16-21(17-20)30-28-22-7-1-3-9-24(22)31-25-10-4-2-8-23(25)28/h1-4,7-10,15-17,29H,5-6,11-14,18H2,(H,30,31)(H,32,33)(H,34,35). The molecule has 0 saturated carbocycles. The molecule has 0 aliphatic carbocycles. The van der Waals surface area contributed by atoms with Crippen LogP contribution in [-0.2, 0) is 20.9 Å². The quantitative estimate of drug-likeness (QED) is 0.138. The average Bonchev–Trinajstić information content (AvgIpc) is 2.86. The topological polar surface area (TPSA) is 121 Å². The Hall–Kier alpha value is -4.17. The molecule has 36 heavy (non-hydrogen) atoms. The Kier molecular flexibility index (Phi) is 8.31. The van der Waals surface area contributed by atoms with E-state index in [2.05, 4.69) is 10.6 Å². The summed E-state index contributed by atoms with van der Waals surface area (Å²) in [5.41, 5.74) is 5.35. The van der Waals surface area contributed by atoms with Crippen LogP contribution in [-0.4, -0.2) is 40.3 Å². The lowest BCUT2D eigenvalue weighted by atomic mass is 10.1. The zero-order valence-electron chi connectivity index (χ0n) is 19.9. The van der Waals surface area contributed by atoms with Crippen molar-refractivity contribution >= 4 is 50.8 Å². The molecular formula is C28H29N3O5. The van der Waals surface area contributed by atoms with E-state index in [1.165, 1.54) is 0 Å². The highest BCUT2D eigenvalue weighted by molar-refractivity contribution is 6.08. The van der Waals surface area contributed by atoms with Crippen molar-refractivity contribution in [2.24, 2.45) is 0 Å². The third-order valence-electron chi connectivity index (χ3n) is 5.69.